The van der Waals surface area contributed by atoms with Gasteiger partial charge in [0.15, 0.2) is 0 Å². The van der Waals surface area contributed by atoms with Gasteiger partial charge in [-0.15, -0.1) is 12.4 Å². The molecule has 2 aromatic carbocycles. The molecule has 0 aromatic heterocycles. The summed E-state index contributed by atoms with van der Waals surface area (Å²) in [5.41, 5.74) is 10.9. The van der Waals surface area contributed by atoms with Gasteiger partial charge in [0.25, 0.3) is 0 Å². The Morgan fingerprint density at radius 3 is 2.58 bits per heavy atom. The fraction of sp³-hybridized carbons (Fsp3) is 0.350. The zero-order valence-corrected chi connectivity index (χ0v) is 15.1. The number of nitrogens with two attached hydrogens (primary N) is 1. The van der Waals surface area contributed by atoms with Crippen molar-refractivity contribution < 1.29 is 4.79 Å². The van der Waals surface area contributed by atoms with Crippen LogP contribution < -0.4 is 10.6 Å². The van der Waals surface area contributed by atoms with Crippen LogP contribution in [0.3, 0.4) is 0 Å². The Balaban J connectivity index is 0.00000208. The van der Waals surface area contributed by atoms with Crippen LogP contribution in [0.5, 0.6) is 0 Å². The lowest BCUT2D eigenvalue weighted by molar-refractivity contribution is -0.122. The fourth-order valence-electron chi connectivity index (χ4n) is 3.28. The summed E-state index contributed by atoms with van der Waals surface area (Å²) in [6, 6.07) is 16.0. The van der Waals surface area contributed by atoms with Crippen LogP contribution in [0.4, 0.5) is 5.69 Å². The normalized spacial score (nSPS) is 15.9. The molecule has 2 atom stereocenters. The van der Waals surface area contributed by atoms with E-state index in [0.29, 0.717) is 0 Å². The number of rotatable bonds is 3. The smallest absolute Gasteiger partial charge is 0.231 e. The first-order chi connectivity index (χ1) is 11.1. The summed E-state index contributed by atoms with van der Waals surface area (Å²) in [5, 5.41) is 0. The van der Waals surface area contributed by atoms with Crippen molar-refractivity contribution in [2.24, 2.45) is 11.7 Å². The van der Waals surface area contributed by atoms with Gasteiger partial charge >= 0.3 is 0 Å². The minimum absolute atomic E-state index is 0. The van der Waals surface area contributed by atoms with E-state index in [2.05, 4.69) is 25.1 Å². The van der Waals surface area contributed by atoms with Crippen molar-refractivity contribution >= 4 is 24.0 Å². The number of carbonyl (C=O) groups excluding carboxylic acids is 1. The summed E-state index contributed by atoms with van der Waals surface area (Å²) < 4.78 is 0. The monoisotopic (exact) mass is 344 g/mol. The lowest BCUT2D eigenvalue weighted by Crippen LogP contribution is -2.42. The lowest BCUT2D eigenvalue weighted by atomic mass is 9.92. The molecule has 0 saturated carbocycles. The molecule has 4 heteroatoms. The van der Waals surface area contributed by atoms with Crippen LogP contribution in [0, 0.1) is 12.8 Å². The molecule has 1 amide bonds. The van der Waals surface area contributed by atoms with Crippen LogP contribution >= 0.6 is 12.4 Å². The number of fused-ring (bicyclic) bond motifs is 1. The number of aryl methyl sites for hydroxylation is 2. The second-order valence-electron chi connectivity index (χ2n) is 6.45. The van der Waals surface area contributed by atoms with E-state index in [1.54, 1.807) is 0 Å². The maximum absolute atomic E-state index is 13.0. The Labute approximate surface area is 150 Å². The predicted molar refractivity (Wildman–Crippen MR) is 102 cm³/mol. The number of amides is 1. The van der Waals surface area contributed by atoms with E-state index in [-0.39, 0.29) is 30.3 Å². The van der Waals surface area contributed by atoms with Gasteiger partial charge in [-0.2, -0.15) is 0 Å². The molecule has 0 spiro atoms. The molecule has 1 aliphatic rings. The van der Waals surface area contributed by atoms with Crippen molar-refractivity contribution in [1.82, 2.24) is 0 Å². The molecular weight excluding hydrogens is 320 g/mol. The summed E-state index contributed by atoms with van der Waals surface area (Å²) in [6.07, 6.45) is 2.05. The van der Waals surface area contributed by atoms with Gasteiger partial charge in [-0.05, 0) is 42.5 Å². The topological polar surface area (TPSA) is 46.3 Å². The van der Waals surface area contributed by atoms with Crippen molar-refractivity contribution in [3.05, 3.63) is 65.2 Å². The standard InChI is InChI=1S/C20H24N2O.ClH/c1-14-10-11-16-9-6-12-22(18(16)13-14)20(23)15(2)19(21)17-7-4-3-5-8-17;/h3-5,7-8,10-11,13,15,19H,6,9,12,21H2,1-2H3;1H. The van der Waals surface area contributed by atoms with Gasteiger partial charge < -0.3 is 10.6 Å². The average Bonchev–Trinajstić information content (AvgIpc) is 2.60. The van der Waals surface area contributed by atoms with Crippen molar-refractivity contribution in [2.45, 2.75) is 32.7 Å². The molecule has 3 rings (SSSR count). The summed E-state index contributed by atoms with van der Waals surface area (Å²) in [4.78, 5) is 15.0. The number of nitrogens with zero attached hydrogens (tertiary/aromatic N) is 1. The van der Waals surface area contributed by atoms with Gasteiger partial charge in [-0.25, -0.2) is 0 Å². The Morgan fingerprint density at radius 2 is 1.88 bits per heavy atom. The Kier molecular flexibility index (Phi) is 6.03. The maximum Gasteiger partial charge on any atom is 0.231 e. The second kappa shape index (κ2) is 7.82. The Bertz CT molecular complexity index is 702. The molecule has 2 unspecified atom stereocenters. The van der Waals surface area contributed by atoms with E-state index in [0.717, 1.165) is 30.6 Å². The van der Waals surface area contributed by atoms with Crippen LogP contribution in [0.15, 0.2) is 48.5 Å². The second-order valence-corrected chi connectivity index (χ2v) is 6.45. The zero-order chi connectivity index (χ0) is 16.4. The van der Waals surface area contributed by atoms with Gasteiger partial charge in [0, 0.05) is 18.3 Å². The minimum atomic E-state index is -0.279. The van der Waals surface area contributed by atoms with Crippen LogP contribution in [0.1, 0.15) is 36.1 Å². The third-order valence-electron chi connectivity index (χ3n) is 4.74. The highest BCUT2D eigenvalue weighted by atomic mass is 35.5. The van der Waals surface area contributed by atoms with Crippen LogP contribution in [-0.2, 0) is 11.2 Å². The first-order valence-corrected chi connectivity index (χ1v) is 8.29. The predicted octanol–water partition coefficient (Wildman–Crippen LogP) is 4.03. The van der Waals surface area contributed by atoms with Crippen molar-refractivity contribution in [1.29, 1.82) is 0 Å². The third-order valence-corrected chi connectivity index (χ3v) is 4.74. The Morgan fingerprint density at radius 1 is 1.17 bits per heavy atom. The first-order valence-electron chi connectivity index (χ1n) is 8.29. The van der Waals surface area contributed by atoms with Crippen molar-refractivity contribution in [3.8, 4) is 0 Å². The maximum atomic E-state index is 13.0. The van der Waals surface area contributed by atoms with Crippen LogP contribution in [0.2, 0.25) is 0 Å². The van der Waals surface area contributed by atoms with E-state index >= 15 is 0 Å². The lowest BCUT2D eigenvalue weighted by Gasteiger charge is -2.33. The number of hydrogen-bond acceptors (Lipinski definition) is 2. The molecule has 1 heterocycles. The molecule has 2 aromatic rings. The largest absolute Gasteiger partial charge is 0.323 e. The number of anilines is 1. The first kappa shape index (κ1) is 18.5. The third kappa shape index (κ3) is 3.63. The molecule has 24 heavy (non-hydrogen) atoms. The van der Waals surface area contributed by atoms with Gasteiger partial charge in [0.05, 0.1) is 5.92 Å². The molecule has 0 aliphatic carbocycles. The fourth-order valence-corrected chi connectivity index (χ4v) is 3.28. The highest BCUT2D eigenvalue weighted by Gasteiger charge is 2.30. The van der Waals surface area contributed by atoms with Gasteiger partial charge in [0.2, 0.25) is 5.91 Å². The van der Waals surface area contributed by atoms with Crippen LogP contribution in [0.25, 0.3) is 0 Å². The molecular formula is C20H25ClN2O. The molecule has 128 valence electrons. The summed E-state index contributed by atoms with van der Waals surface area (Å²) in [6.45, 7) is 4.78. The van der Waals surface area contributed by atoms with Gasteiger partial charge in [0.1, 0.15) is 0 Å². The molecule has 0 radical (unpaired) electrons. The molecule has 0 bridgehead atoms. The minimum Gasteiger partial charge on any atom is -0.323 e. The molecule has 0 saturated heterocycles. The SMILES string of the molecule is Cc1ccc2c(c1)N(C(=O)C(C)C(N)c1ccccc1)CCC2.Cl. The molecule has 0 fully saturated rings. The quantitative estimate of drug-likeness (QED) is 0.913. The van der Waals surface area contributed by atoms with E-state index in [1.807, 2.05) is 42.2 Å². The summed E-state index contributed by atoms with van der Waals surface area (Å²) >= 11 is 0. The molecule has 3 nitrogen and oxygen atoms in total. The molecule has 1 aliphatic heterocycles. The zero-order valence-electron chi connectivity index (χ0n) is 14.2. The van der Waals surface area contributed by atoms with Crippen LogP contribution in [-0.4, -0.2) is 12.5 Å². The highest BCUT2D eigenvalue weighted by molar-refractivity contribution is 5.96. The van der Waals surface area contributed by atoms with Crippen molar-refractivity contribution in [2.75, 3.05) is 11.4 Å². The summed E-state index contributed by atoms with van der Waals surface area (Å²) in [5.74, 6) is -0.128. The van der Waals surface area contributed by atoms with E-state index < -0.39 is 0 Å². The molecule has 2 N–H and O–H groups in total. The summed E-state index contributed by atoms with van der Waals surface area (Å²) in [7, 11) is 0. The van der Waals surface area contributed by atoms with Gasteiger partial charge in [-0.1, -0.05) is 49.4 Å². The van der Waals surface area contributed by atoms with Gasteiger partial charge in [-0.3, -0.25) is 4.79 Å². The average molecular weight is 345 g/mol. The highest BCUT2D eigenvalue weighted by Crippen LogP contribution is 2.31. The number of hydrogen-bond donors (Lipinski definition) is 1. The number of benzene rings is 2. The van der Waals surface area contributed by atoms with E-state index in [9.17, 15) is 4.79 Å². The van der Waals surface area contributed by atoms with Crippen molar-refractivity contribution in [3.63, 3.8) is 0 Å². The van der Waals surface area contributed by atoms with E-state index in [4.69, 9.17) is 5.73 Å². The van der Waals surface area contributed by atoms with E-state index in [1.165, 1.54) is 11.1 Å². The Hall–Kier alpha value is -1.84. The number of halogens is 1. The number of carbonyl (C=O) groups is 1.